The lowest BCUT2D eigenvalue weighted by molar-refractivity contribution is 0.225. The molecular weight excluding hydrogens is 180 g/mol. The van der Waals surface area contributed by atoms with Crippen LogP contribution in [0.3, 0.4) is 0 Å². The van der Waals surface area contributed by atoms with E-state index in [1.165, 1.54) is 0 Å². The number of hydrogen-bond acceptors (Lipinski definition) is 4. The van der Waals surface area contributed by atoms with Crippen LogP contribution in [0.25, 0.3) is 0 Å². The third-order valence-electron chi connectivity index (χ3n) is 2.15. The van der Waals surface area contributed by atoms with E-state index < -0.39 is 0 Å². The highest BCUT2D eigenvalue weighted by Crippen LogP contribution is 2.37. The quantitative estimate of drug-likeness (QED) is 0.612. The topological polar surface area (TPSA) is 70.5 Å². The first kappa shape index (κ1) is 8.99. The molecule has 14 heavy (non-hydrogen) atoms. The van der Waals surface area contributed by atoms with E-state index in [9.17, 15) is 0 Å². The summed E-state index contributed by atoms with van der Waals surface area (Å²) < 4.78 is 11.0. The van der Waals surface area contributed by atoms with E-state index in [4.69, 9.17) is 20.9 Å². The van der Waals surface area contributed by atoms with Gasteiger partial charge in [0, 0.05) is 11.8 Å². The Morgan fingerprint density at radius 2 is 1.71 bits per heavy atom. The van der Waals surface area contributed by atoms with Crippen molar-refractivity contribution in [3.63, 3.8) is 0 Å². The molecule has 4 N–H and O–H groups in total. The molecule has 2 rings (SSSR count). The molecule has 0 spiro atoms. The van der Waals surface area contributed by atoms with Crippen LogP contribution in [-0.2, 0) is 0 Å². The van der Waals surface area contributed by atoms with E-state index in [2.05, 4.69) is 0 Å². The third-order valence-corrected chi connectivity index (χ3v) is 2.15. The first-order valence-corrected chi connectivity index (χ1v) is 4.72. The van der Waals surface area contributed by atoms with Crippen molar-refractivity contribution in [1.29, 1.82) is 0 Å². The van der Waals surface area contributed by atoms with Gasteiger partial charge in [0.1, 0.15) is 0 Å². The third kappa shape index (κ3) is 1.69. The summed E-state index contributed by atoms with van der Waals surface area (Å²) in [7, 11) is 0. The fraction of sp³-hybridized carbons (Fsp3) is 0.400. The van der Waals surface area contributed by atoms with E-state index >= 15 is 0 Å². The van der Waals surface area contributed by atoms with Crippen LogP contribution in [-0.4, -0.2) is 13.2 Å². The van der Waals surface area contributed by atoms with Gasteiger partial charge in [-0.15, -0.1) is 0 Å². The molecule has 0 aliphatic carbocycles. The lowest BCUT2D eigenvalue weighted by Gasteiger charge is -2.18. The summed E-state index contributed by atoms with van der Waals surface area (Å²) in [6.07, 6.45) is 1.98. The van der Waals surface area contributed by atoms with Crippen molar-refractivity contribution in [2.75, 3.05) is 24.7 Å². The second kappa shape index (κ2) is 3.65. The van der Waals surface area contributed by atoms with Crippen molar-refractivity contribution in [2.24, 2.45) is 0 Å². The standard InChI is InChI=1S/C10H14N2O2/c11-7-5-8(12)10-9(6-7)13-3-1-2-4-14-10/h5-6H,1-4,11-12H2. The summed E-state index contributed by atoms with van der Waals surface area (Å²) in [4.78, 5) is 0. The molecule has 0 amide bonds. The van der Waals surface area contributed by atoms with Gasteiger partial charge in [-0.05, 0) is 18.9 Å². The zero-order valence-electron chi connectivity index (χ0n) is 7.95. The minimum absolute atomic E-state index is 0.543. The summed E-state index contributed by atoms with van der Waals surface area (Å²) in [6.45, 7) is 1.38. The van der Waals surface area contributed by atoms with E-state index in [0.717, 1.165) is 12.8 Å². The number of nitrogens with two attached hydrogens (primary N) is 2. The Labute approximate surface area is 82.8 Å². The summed E-state index contributed by atoms with van der Waals surface area (Å²) in [6, 6.07) is 3.43. The highest BCUT2D eigenvalue weighted by atomic mass is 16.5. The molecule has 0 aromatic heterocycles. The summed E-state index contributed by atoms with van der Waals surface area (Å²) in [5.41, 5.74) is 12.6. The van der Waals surface area contributed by atoms with Crippen LogP contribution in [0.5, 0.6) is 11.5 Å². The second-order valence-corrected chi connectivity index (χ2v) is 3.34. The van der Waals surface area contributed by atoms with Crippen molar-refractivity contribution in [1.82, 2.24) is 0 Å². The van der Waals surface area contributed by atoms with Gasteiger partial charge in [-0.2, -0.15) is 0 Å². The summed E-state index contributed by atoms with van der Waals surface area (Å²) >= 11 is 0. The number of nitrogen functional groups attached to an aromatic ring is 2. The first-order valence-electron chi connectivity index (χ1n) is 4.72. The molecule has 1 aliphatic rings. The average Bonchev–Trinajstić information content (AvgIpc) is 2.07. The van der Waals surface area contributed by atoms with Crippen LogP contribution in [0.2, 0.25) is 0 Å². The van der Waals surface area contributed by atoms with Gasteiger partial charge in [0.05, 0.1) is 18.9 Å². The summed E-state index contributed by atoms with van der Waals surface area (Å²) in [5.74, 6) is 1.28. The molecule has 1 aromatic carbocycles. The molecule has 1 aromatic rings. The number of anilines is 2. The van der Waals surface area contributed by atoms with Gasteiger partial charge in [0.25, 0.3) is 0 Å². The fourth-order valence-electron chi connectivity index (χ4n) is 1.47. The Hall–Kier alpha value is -1.58. The van der Waals surface area contributed by atoms with Crippen LogP contribution in [0.4, 0.5) is 11.4 Å². The Bertz CT molecular complexity index is 339. The predicted molar refractivity (Wildman–Crippen MR) is 55.5 cm³/mol. The van der Waals surface area contributed by atoms with Gasteiger partial charge >= 0.3 is 0 Å². The molecule has 0 bridgehead atoms. The Kier molecular flexibility index (Phi) is 2.35. The van der Waals surface area contributed by atoms with Gasteiger partial charge in [-0.25, -0.2) is 0 Å². The maximum Gasteiger partial charge on any atom is 0.184 e. The maximum atomic E-state index is 5.78. The van der Waals surface area contributed by atoms with Gasteiger partial charge in [-0.1, -0.05) is 0 Å². The second-order valence-electron chi connectivity index (χ2n) is 3.34. The van der Waals surface area contributed by atoms with Gasteiger partial charge in [0.15, 0.2) is 11.5 Å². The average molecular weight is 194 g/mol. The summed E-state index contributed by atoms with van der Waals surface area (Å²) in [5, 5.41) is 0. The van der Waals surface area contributed by atoms with Crippen LogP contribution in [0.15, 0.2) is 12.1 Å². The maximum absolute atomic E-state index is 5.78. The molecule has 0 saturated heterocycles. The minimum Gasteiger partial charge on any atom is -0.490 e. The zero-order chi connectivity index (χ0) is 9.97. The number of benzene rings is 1. The van der Waals surface area contributed by atoms with Gasteiger partial charge in [0.2, 0.25) is 0 Å². The normalized spacial score (nSPS) is 15.7. The fourth-order valence-corrected chi connectivity index (χ4v) is 1.47. The molecule has 0 fully saturated rings. The molecule has 0 atom stereocenters. The number of rotatable bonds is 0. The molecule has 4 heteroatoms. The number of ether oxygens (including phenoxy) is 2. The van der Waals surface area contributed by atoms with E-state index in [1.54, 1.807) is 12.1 Å². The van der Waals surface area contributed by atoms with Crippen molar-refractivity contribution in [2.45, 2.75) is 12.8 Å². The Morgan fingerprint density at radius 3 is 2.50 bits per heavy atom. The Balaban J connectivity index is 2.39. The largest absolute Gasteiger partial charge is 0.490 e. The van der Waals surface area contributed by atoms with Crippen molar-refractivity contribution < 1.29 is 9.47 Å². The lowest BCUT2D eigenvalue weighted by atomic mass is 10.2. The smallest absolute Gasteiger partial charge is 0.184 e. The van der Waals surface area contributed by atoms with E-state index in [0.29, 0.717) is 36.1 Å². The predicted octanol–water partition coefficient (Wildman–Crippen LogP) is 1.40. The van der Waals surface area contributed by atoms with Crippen LogP contribution in [0, 0.1) is 0 Å². The number of hydrogen-bond donors (Lipinski definition) is 2. The van der Waals surface area contributed by atoms with Crippen LogP contribution >= 0.6 is 0 Å². The van der Waals surface area contributed by atoms with Gasteiger partial charge in [-0.3, -0.25) is 0 Å². The van der Waals surface area contributed by atoms with Crippen molar-refractivity contribution in [3.8, 4) is 11.5 Å². The molecule has 1 heterocycles. The molecule has 76 valence electrons. The van der Waals surface area contributed by atoms with E-state index in [-0.39, 0.29) is 0 Å². The highest BCUT2D eigenvalue weighted by Gasteiger charge is 2.12. The van der Waals surface area contributed by atoms with Crippen LogP contribution < -0.4 is 20.9 Å². The van der Waals surface area contributed by atoms with Crippen molar-refractivity contribution >= 4 is 11.4 Å². The van der Waals surface area contributed by atoms with Crippen molar-refractivity contribution in [3.05, 3.63) is 12.1 Å². The molecule has 4 nitrogen and oxygen atoms in total. The molecule has 0 saturated carbocycles. The Morgan fingerprint density at radius 1 is 1.00 bits per heavy atom. The zero-order valence-corrected chi connectivity index (χ0v) is 7.95. The molecular formula is C10H14N2O2. The number of fused-ring (bicyclic) bond motifs is 1. The minimum atomic E-state index is 0.543. The van der Waals surface area contributed by atoms with Crippen LogP contribution in [0.1, 0.15) is 12.8 Å². The van der Waals surface area contributed by atoms with Gasteiger partial charge < -0.3 is 20.9 Å². The lowest BCUT2D eigenvalue weighted by Crippen LogP contribution is -2.10. The van der Waals surface area contributed by atoms with E-state index in [1.807, 2.05) is 0 Å². The first-order chi connectivity index (χ1) is 6.77. The highest BCUT2D eigenvalue weighted by molar-refractivity contribution is 5.67. The molecule has 1 aliphatic heterocycles. The monoisotopic (exact) mass is 194 g/mol. The molecule has 0 radical (unpaired) electrons. The SMILES string of the molecule is Nc1cc(N)c2c(c1)OCCCCO2. The molecule has 0 unspecified atom stereocenters.